The Hall–Kier alpha value is -1.24. The molecule has 0 aliphatic rings. The second-order valence-corrected chi connectivity index (χ2v) is 9.81. The highest BCUT2D eigenvalue weighted by Gasteiger charge is 2.08. The van der Waals surface area contributed by atoms with Crippen molar-refractivity contribution < 1.29 is 0 Å². The molecule has 16 heavy (non-hydrogen) atoms. The van der Waals surface area contributed by atoms with E-state index < -0.39 is 8.07 Å². The quantitative estimate of drug-likeness (QED) is 0.443. The molecule has 0 radical (unpaired) electrons. The average molecular weight is 232 g/mol. The molecule has 0 bridgehead atoms. The van der Waals surface area contributed by atoms with Crippen molar-refractivity contribution in [2.24, 2.45) is 5.73 Å². The normalized spacial score (nSPS) is 10.8. The summed E-state index contributed by atoms with van der Waals surface area (Å²) in [5, 5.41) is 0. The minimum absolute atomic E-state index is 0.512. The fourth-order valence-electron chi connectivity index (χ4n) is 1.40. The second kappa shape index (κ2) is 4.73. The zero-order chi connectivity index (χ0) is 12.3. The summed E-state index contributed by atoms with van der Waals surface area (Å²) in [6, 6.07) is 3.86. The topological polar surface area (TPSA) is 52.0 Å². The molecule has 4 N–H and O–H groups in total. The SMILES string of the molecule is Cc1c(C#C[Si](C)(C)C)cc(N)cc1CN. The summed E-state index contributed by atoms with van der Waals surface area (Å²) in [6.07, 6.45) is 0. The van der Waals surface area contributed by atoms with E-state index in [0.717, 1.165) is 22.4 Å². The predicted molar refractivity (Wildman–Crippen MR) is 73.7 cm³/mol. The van der Waals surface area contributed by atoms with Gasteiger partial charge >= 0.3 is 0 Å². The third-order valence-corrected chi connectivity index (χ3v) is 3.20. The number of nitrogen functional groups attached to an aromatic ring is 1. The van der Waals surface area contributed by atoms with E-state index in [1.807, 2.05) is 12.1 Å². The Morgan fingerprint density at radius 2 is 1.88 bits per heavy atom. The lowest BCUT2D eigenvalue weighted by Crippen LogP contribution is -2.16. The van der Waals surface area contributed by atoms with E-state index in [-0.39, 0.29) is 0 Å². The van der Waals surface area contributed by atoms with Crippen LogP contribution in [0, 0.1) is 18.4 Å². The van der Waals surface area contributed by atoms with Crippen molar-refractivity contribution in [3.05, 3.63) is 28.8 Å². The van der Waals surface area contributed by atoms with Crippen LogP contribution in [0.3, 0.4) is 0 Å². The fraction of sp³-hybridized carbons (Fsp3) is 0.385. The molecule has 3 heteroatoms. The van der Waals surface area contributed by atoms with E-state index in [9.17, 15) is 0 Å². The van der Waals surface area contributed by atoms with Crippen molar-refractivity contribution in [1.29, 1.82) is 0 Å². The fourth-order valence-corrected chi connectivity index (χ4v) is 1.91. The van der Waals surface area contributed by atoms with Gasteiger partial charge in [-0.15, -0.1) is 5.54 Å². The first-order valence-corrected chi connectivity index (χ1v) is 8.96. The summed E-state index contributed by atoms with van der Waals surface area (Å²) in [7, 11) is -1.34. The van der Waals surface area contributed by atoms with Crippen LogP contribution in [0.25, 0.3) is 0 Å². The Morgan fingerprint density at radius 1 is 1.25 bits per heavy atom. The monoisotopic (exact) mass is 232 g/mol. The average Bonchev–Trinajstić information content (AvgIpc) is 2.17. The van der Waals surface area contributed by atoms with Crippen LogP contribution in [0.5, 0.6) is 0 Å². The molecule has 0 saturated heterocycles. The Balaban J connectivity index is 3.23. The van der Waals surface area contributed by atoms with Gasteiger partial charge in [0.25, 0.3) is 0 Å². The van der Waals surface area contributed by atoms with Crippen molar-refractivity contribution >= 4 is 13.8 Å². The van der Waals surface area contributed by atoms with Crippen LogP contribution in [0.4, 0.5) is 5.69 Å². The summed E-state index contributed by atoms with van der Waals surface area (Å²) >= 11 is 0. The highest BCUT2D eigenvalue weighted by atomic mass is 28.3. The van der Waals surface area contributed by atoms with Gasteiger partial charge in [-0.3, -0.25) is 0 Å². The third kappa shape index (κ3) is 3.40. The molecule has 0 aromatic heterocycles. The molecule has 0 aliphatic carbocycles. The Kier molecular flexibility index (Phi) is 3.79. The van der Waals surface area contributed by atoms with E-state index in [1.165, 1.54) is 0 Å². The lowest BCUT2D eigenvalue weighted by atomic mass is 10.0. The van der Waals surface area contributed by atoms with Crippen LogP contribution in [-0.4, -0.2) is 8.07 Å². The van der Waals surface area contributed by atoms with Gasteiger partial charge in [0.15, 0.2) is 0 Å². The van der Waals surface area contributed by atoms with Crippen LogP contribution < -0.4 is 11.5 Å². The maximum atomic E-state index is 5.83. The molecule has 0 amide bonds. The zero-order valence-electron chi connectivity index (χ0n) is 10.5. The number of nitrogens with two attached hydrogens (primary N) is 2. The number of hydrogen-bond acceptors (Lipinski definition) is 2. The summed E-state index contributed by atoms with van der Waals surface area (Å²) in [6.45, 7) is 9.25. The molecule has 0 spiro atoms. The van der Waals surface area contributed by atoms with E-state index in [0.29, 0.717) is 6.54 Å². The van der Waals surface area contributed by atoms with Gasteiger partial charge in [0.1, 0.15) is 8.07 Å². The van der Waals surface area contributed by atoms with Gasteiger partial charge in [-0.25, -0.2) is 0 Å². The van der Waals surface area contributed by atoms with Crippen LogP contribution in [-0.2, 0) is 6.54 Å². The molecule has 0 heterocycles. The number of rotatable bonds is 1. The van der Waals surface area contributed by atoms with Gasteiger partial charge in [-0.1, -0.05) is 25.6 Å². The van der Waals surface area contributed by atoms with E-state index >= 15 is 0 Å². The summed E-state index contributed by atoms with van der Waals surface area (Å²) in [5.74, 6) is 3.24. The number of benzene rings is 1. The number of hydrogen-bond donors (Lipinski definition) is 2. The van der Waals surface area contributed by atoms with Crippen molar-refractivity contribution in [2.45, 2.75) is 33.1 Å². The largest absolute Gasteiger partial charge is 0.399 e. The van der Waals surface area contributed by atoms with Crippen molar-refractivity contribution in [3.63, 3.8) is 0 Å². The van der Waals surface area contributed by atoms with Gasteiger partial charge < -0.3 is 11.5 Å². The zero-order valence-corrected chi connectivity index (χ0v) is 11.5. The molecular formula is C13H20N2Si. The minimum atomic E-state index is -1.34. The molecule has 0 atom stereocenters. The van der Waals surface area contributed by atoms with Crippen LogP contribution >= 0.6 is 0 Å². The van der Waals surface area contributed by atoms with E-state index in [2.05, 4.69) is 38.0 Å². The lowest BCUT2D eigenvalue weighted by molar-refractivity contribution is 1.05. The molecule has 2 nitrogen and oxygen atoms in total. The van der Waals surface area contributed by atoms with Crippen molar-refractivity contribution in [2.75, 3.05) is 5.73 Å². The molecular weight excluding hydrogens is 212 g/mol. The van der Waals surface area contributed by atoms with Gasteiger partial charge in [0, 0.05) is 17.8 Å². The van der Waals surface area contributed by atoms with Crippen LogP contribution in [0.15, 0.2) is 12.1 Å². The molecule has 0 saturated carbocycles. The smallest absolute Gasteiger partial charge is 0.129 e. The molecule has 86 valence electrons. The Morgan fingerprint density at radius 3 is 2.38 bits per heavy atom. The van der Waals surface area contributed by atoms with Gasteiger partial charge in [0.2, 0.25) is 0 Å². The minimum Gasteiger partial charge on any atom is -0.399 e. The van der Waals surface area contributed by atoms with Gasteiger partial charge in [-0.2, -0.15) is 0 Å². The number of anilines is 1. The third-order valence-electron chi connectivity index (χ3n) is 2.33. The Bertz CT molecular complexity index is 447. The first kappa shape index (κ1) is 12.8. The highest BCUT2D eigenvalue weighted by Crippen LogP contribution is 2.17. The standard InChI is InChI=1S/C13H20N2Si/c1-10-11(5-6-16(2,3)4)7-13(15)8-12(10)9-14/h7-8H,9,14-15H2,1-4H3. The lowest BCUT2D eigenvalue weighted by Gasteiger charge is -2.08. The molecule has 0 unspecified atom stereocenters. The van der Waals surface area contributed by atoms with Crippen LogP contribution in [0.1, 0.15) is 16.7 Å². The van der Waals surface area contributed by atoms with Crippen molar-refractivity contribution in [1.82, 2.24) is 0 Å². The van der Waals surface area contributed by atoms with Gasteiger partial charge in [0.05, 0.1) is 0 Å². The maximum absolute atomic E-state index is 5.83. The van der Waals surface area contributed by atoms with Crippen LogP contribution in [0.2, 0.25) is 19.6 Å². The molecule has 1 aromatic rings. The maximum Gasteiger partial charge on any atom is 0.129 e. The second-order valence-electron chi connectivity index (χ2n) is 5.06. The van der Waals surface area contributed by atoms with Crippen molar-refractivity contribution in [3.8, 4) is 11.5 Å². The molecule has 1 rings (SSSR count). The molecule has 0 fully saturated rings. The summed E-state index contributed by atoms with van der Waals surface area (Å²) in [5.41, 5.74) is 18.9. The first-order chi connectivity index (χ1) is 7.33. The molecule has 0 aliphatic heterocycles. The first-order valence-electron chi connectivity index (χ1n) is 5.46. The highest BCUT2D eigenvalue weighted by molar-refractivity contribution is 6.83. The predicted octanol–water partition coefficient (Wildman–Crippen LogP) is 2.26. The van der Waals surface area contributed by atoms with E-state index in [4.69, 9.17) is 11.5 Å². The summed E-state index contributed by atoms with van der Waals surface area (Å²) < 4.78 is 0. The molecule has 1 aromatic carbocycles. The van der Waals surface area contributed by atoms with Gasteiger partial charge in [-0.05, 0) is 30.2 Å². The Labute approximate surface area is 99.0 Å². The summed E-state index contributed by atoms with van der Waals surface area (Å²) in [4.78, 5) is 0. The van der Waals surface area contributed by atoms with E-state index in [1.54, 1.807) is 0 Å².